The number of carbonyl (C=O) groups excluding carboxylic acids is 7. The molecule has 378 valence electrons. The van der Waals surface area contributed by atoms with Crippen LogP contribution in [0.4, 0.5) is 0 Å². The van der Waals surface area contributed by atoms with Crippen molar-refractivity contribution in [1.82, 2.24) is 10.6 Å². The number of aryl methyl sites for hydroxylation is 1. The molecule has 1 aliphatic heterocycles. The molecule has 4 fully saturated rings. The van der Waals surface area contributed by atoms with E-state index in [9.17, 15) is 38.7 Å². The van der Waals surface area contributed by atoms with E-state index < -0.39 is 84.9 Å². The highest BCUT2D eigenvalue weighted by atomic mass is 16.7. The minimum absolute atomic E-state index is 0.0277. The Kier molecular flexibility index (Phi) is 20.1. The number of unbranched alkanes of at least 4 members (excludes halogenated alkanes) is 2. The van der Waals surface area contributed by atoms with Crippen LogP contribution in [0, 0.1) is 29.1 Å². The molecule has 2 aromatic carbocycles. The van der Waals surface area contributed by atoms with E-state index in [2.05, 4.69) is 62.6 Å². The fourth-order valence-electron chi connectivity index (χ4n) is 10.9. The van der Waals surface area contributed by atoms with E-state index in [-0.39, 0.29) is 54.6 Å². The topological polar surface area (TPSA) is 234 Å². The Labute approximate surface area is 410 Å². The van der Waals surface area contributed by atoms with Crippen LogP contribution >= 0.6 is 0 Å². The highest BCUT2D eigenvalue weighted by Crippen LogP contribution is 2.66. The number of amides is 3. The SMILES string of the molecule is CCCCc1ccc(-c2ccc(C(=O)CCCC(=O)C[C@@H](CCCCN)C(=O)N[C@H](C(=O)C[C@@H](C)C(=O)N[C@@H](CC(N)=O)C(=O)C[C@@H](CC)B3OC4C[C@@H]5C[C@@H](C5(C)C)[C@]4(C)O3)C(C)O)cc2)cc1. The molecule has 15 heteroatoms. The monoisotopic (exact) mass is 955 g/mol. The first-order valence-electron chi connectivity index (χ1n) is 25.6. The number of nitrogens with one attached hydrogen (secondary N) is 2. The van der Waals surface area contributed by atoms with Crippen molar-refractivity contribution in [2.45, 2.75) is 187 Å². The summed E-state index contributed by atoms with van der Waals surface area (Å²) in [5.74, 6) is -4.67. The van der Waals surface area contributed by atoms with Crippen molar-refractivity contribution in [3.63, 3.8) is 0 Å². The van der Waals surface area contributed by atoms with Gasteiger partial charge in [-0.15, -0.1) is 0 Å². The van der Waals surface area contributed by atoms with Crippen molar-refractivity contribution in [1.29, 1.82) is 0 Å². The van der Waals surface area contributed by atoms with Gasteiger partial charge in [0.2, 0.25) is 17.7 Å². The molecule has 14 nitrogen and oxygen atoms in total. The van der Waals surface area contributed by atoms with Gasteiger partial charge in [-0.25, -0.2) is 0 Å². The Balaban J connectivity index is 1.11. The molecular formula is C54H79BN4O10. The smallest absolute Gasteiger partial charge is 0.405 e. The Morgan fingerprint density at radius 1 is 0.797 bits per heavy atom. The number of aliphatic hydroxyl groups is 1. The summed E-state index contributed by atoms with van der Waals surface area (Å²) in [7, 11) is -0.619. The zero-order valence-electron chi connectivity index (χ0n) is 42.2. The van der Waals surface area contributed by atoms with Crippen LogP contribution in [-0.2, 0) is 44.5 Å². The van der Waals surface area contributed by atoms with Gasteiger partial charge in [0.25, 0.3) is 0 Å². The Morgan fingerprint density at radius 3 is 2.06 bits per heavy atom. The van der Waals surface area contributed by atoms with Crippen LogP contribution in [0.2, 0.25) is 5.82 Å². The molecule has 3 amide bonds. The molecule has 0 spiro atoms. The predicted octanol–water partition coefficient (Wildman–Crippen LogP) is 7.04. The van der Waals surface area contributed by atoms with Crippen molar-refractivity contribution in [2.24, 2.45) is 40.6 Å². The molecule has 3 aliphatic carbocycles. The summed E-state index contributed by atoms with van der Waals surface area (Å²) < 4.78 is 13.1. The van der Waals surface area contributed by atoms with E-state index in [1.807, 2.05) is 19.1 Å². The number of hydrogen-bond donors (Lipinski definition) is 5. The second kappa shape index (κ2) is 25.0. The number of benzene rings is 2. The van der Waals surface area contributed by atoms with Crippen molar-refractivity contribution in [3.8, 4) is 11.1 Å². The Morgan fingerprint density at radius 2 is 1.46 bits per heavy atom. The molecule has 2 bridgehead atoms. The third kappa shape index (κ3) is 14.3. The van der Waals surface area contributed by atoms with Crippen LogP contribution in [0.3, 0.4) is 0 Å². The predicted molar refractivity (Wildman–Crippen MR) is 267 cm³/mol. The first-order valence-corrected chi connectivity index (χ1v) is 25.6. The average Bonchev–Trinajstić information content (AvgIpc) is 3.68. The largest absolute Gasteiger partial charge is 0.461 e. The fraction of sp³-hybridized carbons (Fsp3) is 0.648. The molecule has 1 heterocycles. The number of carbonyl (C=O) groups is 7. The highest BCUT2D eigenvalue weighted by molar-refractivity contribution is 6.47. The summed E-state index contributed by atoms with van der Waals surface area (Å²) in [6.45, 7) is 14.0. The molecule has 2 unspecified atom stereocenters. The van der Waals surface area contributed by atoms with Gasteiger partial charge < -0.3 is 36.5 Å². The van der Waals surface area contributed by atoms with Crippen LogP contribution in [0.25, 0.3) is 11.1 Å². The van der Waals surface area contributed by atoms with Gasteiger partial charge in [0, 0.05) is 55.3 Å². The molecule has 4 aliphatic rings. The molecule has 0 aromatic heterocycles. The van der Waals surface area contributed by atoms with Gasteiger partial charge in [-0.1, -0.05) is 102 Å². The normalized spacial score (nSPS) is 22.7. The van der Waals surface area contributed by atoms with Gasteiger partial charge in [0.05, 0.1) is 30.3 Å². The summed E-state index contributed by atoms with van der Waals surface area (Å²) in [6, 6.07) is 13.3. The average molecular weight is 955 g/mol. The van der Waals surface area contributed by atoms with E-state index in [0.717, 1.165) is 43.2 Å². The maximum absolute atomic E-state index is 13.8. The number of aliphatic hydroxyl groups excluding tert-OH is 1. The lowest BCUT2D eigenvalue weighted by molar-refractivity contribution is -0.199. The van der Waals surface area contributed by atoms with Crippen LogP contribution in [0.15, 0.2) is 48.5 Å². The van der Waals surface area contributed by atoms with E-state index in [1.165, 1.54) is 19.4 Å². The van der Waals surface area contributed by atoms with Crippen LogP contribution in [-0.4, -0.2) is 89.5 Å². The maximum atomic E-state index is 13.8. The second-order valence-corrected chi connectivity index (χ2v) is 21.1. The molecule has 0 radical (unpaired) electrons. The van der Waals surface area contributed by atoms with E-state index in [4.69, 9.17) is 20.8 Å². The van der Waals surface area contributed by atoms with E-state index >= 15 is 0 Å². The van der Waals surface area contributed by atoms with Crippen molar-refractivity contribution in [3.05, 3.63) is 59.7 Å². The van der Waals surface area contributed by atoms with E-state index in [1.54, 1.807) is 12.1 Å². The van der Waals surface area contributed by atoms with Gasteiger partial charge in [-0.3, -0.25) is 33.6 Å². The van der Waals surface area contributed by atoms with Crippen LogP contribution < -0.4 is 22.1 Å². The number of hydrogen-bond acceptors (Lipinski definition) is 11. The third-order valence-corrected chi connectivity index (χ3v) is 15.6. The zero-order valence-corrected chi connectivity index (χ0v) is 42.2. The zero-order chi connectivity index (χ0) is 50.6. The van der Waals surface area contributed by atoms with Crippen molar-refractivity contribution >= 4 is 48.0 Å². The summed E-state index contributed by atoms with van der Waals surface area (Å²) in [5.41, 5.74) is 14.9. The van der Waals surface area contributed by atoms with Gasteiger partial charge in [0.15, 0.2) is 17.3 Å². The summed E-state index contributed by atoms with van der Waals surface area (Å²) in [6.07, 6.45) is 5.48. The third-order valence-electron chi connectivity index (χ3n) is 15.6. The number of primary amides is 1. The molecule has 2 aromatic rings. The first kappa shape index (κ1) is 55.4. The number of rotatable bonds is 30. The van der Waals surface area contributed by atoms with Gasteiger partial charge in [-0.05, 0) is 99.3 Å². The summed E-state index contributed by atoms with van der Waals surface area (Å²) in [4.78, 5) is 93.3. The maximum Gasteiger partial charge on any atom is 0.461 e. The molecular weight excluding hydrogens is 875 g/mol. The number of ketones is 4. The van der Waals surface area contributed by atoms with Gasteiger partial charge in [-0.2, -0.15) is 0 Å². The van der Waals surface area contributed by atoms with Gasteiger partial charge >= 0.3 is 7.12 Å². The number of nitrogens with two attached hydrogens (primary N) is 2. The first-order chi connectivity index (χ1) is 32.7. The van der Waals surface area contributed by atoms with Crippen molar-refractivity contribution < 1.29 is 48.0 Å². The minimum atomic E-state index is -1.39. The molecule has 3 saturated carbocycles. The second-order valence-electron chi connectivity index (χ2n) is 21.1. The standard InChI is InChI=1S/C54H79BN4O10/c1-8-10-14-35-18-20-36(21-19-35)37-22-24-38(25-23-37)44(62)17-13-16-42(61)28-39(15-11-12-26-56)52(67)59-50(34(4)60)46(64)27-33(3)51(66)58-43(32-49(57)65)45(63)31-41(9-2)55-68-48-30-40-29-47(53(40,5)6)54(48,7)69-55/h18-25,33-34,39-41,43,47-48,50,60H,8-17,26-32,56H2,1-7H3,(H2,57,65)(H,58,66)(H,59,67)/t33-,34?,39-,40+,41-,43+,47+,48?,50+,54+/m1/s1. The van der Waals surface area contributed by atoms with E-state index in [0.29, 0.717) is 56.0 Å². The molecule has 6 rings (SSSR count). The highest BCUT2D eigenvalue weighted by Gasteiger charge is 2.68. The molecule has 10 atom stereocenters. The molecule has 69 heavy (non-hydrogen) atoms. The lowest BCUT2D eigenvalue weighted by Crippen LogP contribution is -2.65. The lowest BCUT2D eigenvalue weighted by Gasteiger charge is -2.64. The fourth-order valence-corrected chi connectivity index (χ4v) is 10.9. The van der Waals surface area contributed by atoms with Crippen LogP contribution in [0.5, 0.6) is 0 Å². The number of Topliss-reactive ketones (excluding diaryl/α,β-unsaturated/α-hetero) is 4. The molecule has 7 N–H and O–H groups in total. The van der Waals surface area contributed by atoms with Crippen molar-refractivity contribution in [2.75, 3.05) is 6.54 Å². The lowest BCUT2D eigenvalue weighted by atomic mass is 9.43. The summed E-state index contributed by atoms with van der Waals surface area (Å²) in [5, 5.41) is 16.0. The quantitative estimate of drug-likeness (QED) is 0.0303. The van der Waals surface area contributed by atoms with Gasteiger partial charge in [0.1, 0.15) is 11.8 Å². The summed E-state index contributed by atoms with van der Waals surface area (Å²) >= 11 is 0. The Hall–Kier alpha value is -4.57. The Bertz CT molecular complexity index is 2110. The van der Waals surface area contributed by atoms with Crippen LogP contribution in [0.1, 0.15) is 161 Å². The minimum Gasteiger partial charge on any atom is -0.405 e. The molecule has 1 saturated heterocycles.